The minimum Gasteiger partial charge on any atom is -0.352 e. The maximum absolute atomic E-state index is 11.7. The molecule has 17 heavy (non-hydrogen) atoms. The first-order valence-electron chi connectivity index (χ1n) is 5.46. The number of aromatic nitrogens is 1. The molecule has 0 aromatic carbocycles. The number of nitrogens with one attached hydrogen (secondary N) is 1. The van der Waals surface area contributed by atoms with Crippen LogP contribution in [0.15, 0.2) is 23.4 Å². The summed E-state index contributed by atoms with van der Waals surface area (Å²) in [4.78, 5) is 18.4. The summed E-state index contributed by atoms with van der Waals surface area (Å²) in [5, 5.41) is 6.22. The van der Waals surface area contributed by atoms with Gasteiger partial charge in [0.15, 0.2) is 0 Å². The lowest BCUT2D eigenvalue weighted by Gasteiger charge is -2.06. The first kappa shape index (κ1) is 13.0. The van der Waals surface area contributed by atoms with Gasteiger partial charge in [-0.1, -0.05) is 5.11 Å². The van der Waals surface area contributed by atoms with Gasteiger partial charge in [-0.3, -0.25) is 9.78 Å². The van der Waals surface area contributed by atoms with Crippen LogP contribution in [0.3, 0.4) is 0 Å². The molecule has 1 rings (SSSR count). The molecule has 0 saturated heterocycles. The van der Waals surface area contributed by atoms with Crippen molar-refractivity contribution in [3.63, 3.8) is 0 Å². The summed E-state index contributed by atoms with van der Waals surface area (Å²) in [7, 11) is 0. The van der Waals surface area contributed by atoms with Crippen molar-refractivity contribution in [1.82, 2.24) is 10.3 Å². The van der Waals surface area contributed by atoms with Crippen LogP contribution in [-0.4, -0.2) is 24.0 Å². The number of amides is 1. The standard InChI is InChI=1S/C11H15N5O/c1-9-10(5-4-7-13-9)11(17)14-6-2-3-8-15-16-12/h4-5,7H,2-3,6,8H2,1H3,(H,14,17). The van der Waals surface area contributed by atoms with Gasteiger partial charge in [0.2, 0.25) is 0 Å². The lowest BCUT2D eigenvalue weighted by atomic mass is 10.2. The number of rotatable bonds is 6. The first-order valence-corrected chi connectivity index (χ1v) is 5.46. The fourth-order valence-corrected chi connectivity index (χ4v) is 1.37. The van der Waals surface area contributed by atoms with Crippen molar-refractivity contribution < 1.29 is 4.79 Å². The van der Waals surface area contributed by atoms with Crippen LogP contribution < -0.4 is 5.32 Å². The molecule has 0 spiro atoms. The second kappa shape index (κ2) is 7.24. The van der Waals surface area contributed by atoms with Gasteiger partial charge in [-0.05, 0) is 37.4 Å². The quantitative estimate of drug-likeness (QED) is 0.353. The number of aryl methyl sites for hydroxylation is 1. The van der Waals surface area contributed by atoms with Crippen molar-refractivity contribution in [2.24, 2.45) is 5.11 Å². The molecule has 0 atom stereocenters. The Bertz CT molecular complexity index is 426. The van der Waals surface area contributed by atoms with E-state index in [1.54, 1.807) is 25.3 Å². The third-order valence-electron chi connectivity index (χ3n) is 2.29. The van der Waals surface area contributed by atoms with Crippen LogP contribution in [0.1, 0.15) is 28.9 Å². The Kier molecular flexibility index (Phi) is 5.54. The number of pyridine rings is 1. The number of unbranched alkanes of at least 4 members (excludes halogenated alkanes) is 1. The minimum absolute atomic E-state index is 0.112. The van der Waals surface area contributed by atoms with Crippen molar-refractivity contribution in [3.05, 3.63) is 40.0 Å². The summed E-state index contributed by atoms with van der Waals surface area (Å²) in [6, 6.07) is 3.49. The number of nitrogens with zero attached hydrogens (tertiary/aromatic N) is 4. The SMILES string of the molecule is Cc1ncccc1C(=O)NCCCCN=[N+]=[N-]. The Balaban J connectivity index is 2.31. The molecule has 1 heterocycles. The van der Waals surface area contributed by atoms with E-state index in [0.717, 1.165) is 18.5 Å². The van der Waals surface area contributed by atoms with Gasteiger partial charge in [0.05, 0.1) is 5.56 Å². The molecule has 0 radical (unpaired) electrons. The molecule has 0 aliphatic carbocycles. The zero-order valence-corrected chi connectivity index (χ0v) is 9.76. The van der Waals surface area contributed by atoms with Crippen LogP contribution in [0, 0.1) is 6.92 Å². The molecular weight excluding hydrogens is 218 g/mol. The Morgan fingerprint density at radius 1 is 1.59 bits per heavy atom. The smallest absolute Gasteiger partial charge is 0.253 e. The lowest BCUT2D eigenvalue weighted by Crippen LogP contribution is -2.25. The molecule has 1 aromatic rings. The predicted molar refractivity (Wildman–Crippen MR) is 64.6 cm³/mol. The average Bonchev–Trinajstić information content (AvgIpc) is 2.34. The Morgan fingerprint density at radius 3 is 3.12 bits per heavy atom. The van der Waals surface area contributed by atoms with Gasteiger partial charge >= 0.3 is 0 Å². The number of hydrogen-bond donors (Lipinski definition) is 1. The van der Waals surface area contributed by atoms with E-state index in [9.17, 15) is 4.79 Å². The highest BCUT2D eigenvalue weighted by molar-refractivity contribution is 5.95. The fourth-order valence-electron chi connectivity index (χ4n) is 1.37. The van der Waals surface area contributed by atoms with E-state index in [4.69, 9.17) is 5.53 Å². The molecule has 6 heteroatoms. The minimum atomic E-state index is -0.112. The van der Waals surface area contributed by atoms with Gasteiger partial charge in [-0.25, -0.2) is 0 Å². The average molecular weight is 233 g/mol. The van der Waals surface area contributed by atoms with Gasteiger partial charge in [0, 0.05) is 29.9 Å². The van der Waals surface area contributed by atoms with Crippen molar-refractivity contribution in [2.75, 3.05) is 13.1 Å². The summed E-state index contributed by atoms with van der Waals surface area (Å²) < 4.78 is 0. The van der Waals surface area contributed by atoms with E-state index in [1.807, 2.05) is 0 Å². The van der Waals surface area contributed by atoms with Gasteiger partial charge in [-0.15, -0.1) is 0 Å². The number of carbonyl (C=O) groups excluding carboxylic acids is 1. The van der Waals surface area contributed by atoms with Crippen molar-refractivity contribution in [1.29, 1.82) is 0 Å². The fraction of sp³-hybridized carbons (Fsp3) is 0.455. The Hall–Kier alpha value is -2.07. The third kappa shape index (κ3) is 4.53. The Labute approximate surface area is 99.7 Å². The molecule has 0 aliphatic rings. The summed E-state index contributed by atoms with van der Waals surface area (Å²) >= 11 is 0. The van der Waals surface area contributed by atoms with Crippen LogP contribution >= 0.6 is 0 Å². The summed E-state index contributed by atoms with van der Waals surface area (Å²) in [6.45, 7) is 2.85. The molecule has 1 N–H and O–H groups in total. The normalized spacial score (nSPS) is 9.47. The van der Waals surface area contributed by atoms with Gasteiger partial charge < -0.3 is 5.32 Å². The monoisotopic (exact) mass is 233 g/mol. The maximum atomic E-state index is 11.7. The second-order valence-corrected chi connectivity index (χ2v) is 3.55. The molecule has 90 valence electrons. The summed E-state index contributed by atoms with van der Waals surface area (Å²) in [5.74, 6) is -0.112. The molecule has 0 aliphatic heterocycles. The van der Waals surface area contributed by atoms with E-state index in [0.29, 0.717) is 18.7 Å². The molecule has 1 aromatic heterocycles. The van der Waals surface area contributed by atoms with Crippen molar-refractivity contribution in [3.8, 4) is 0 Å². The molecule has 0 fully saturated rings. The molecule has 0 saturated carbocycles. The van der Waals surface area contributed by atoms with Gasteiger partial charge in [0.1, 0.15) is 0 Å². The van der Waals surface area contributed by atoms with Crippen molar-refractivity contribution in [2.45, 2.75) is 19.8 Å². The van der Waals surface area contributed by atoms with E-state index >= 15 is 0 Å². The molecule has 6 nitrogen and oxygen atoms in total. The molecule has 0 bridgehead atoms. The van der Waals surface area contributed by atoms with Gasteiger partial charge in [-0.2, -0.15) is 0 Å². The first-order chi connectivity index (χ1) is 8.25. The van der Waals surface area contributed by atoms with Gasteiger partial charge in [0.25, 0.3) is 5.91 Å². The summed E-state index contributed by atoms with van der Waals surface area (Å²) in [5.41, 5.74) is 9.39. The van der Waals surface area contributed by atoms with Crippen molar-refractivity contribution >= 4 is 5.91 Å². The molecular formula is C11H15N5O. The topological polar surface area (TPSA) is 90.8 Å². The van der Waals surface area contributed by atoms with E-state index < -0.39 is 0 Å². The summed E-state index contributed by atoms with van der Waals surface area (Å²) in [6.07, 6.45) is 3.23. The number of hydrogen-bond acceptors (Lipinski definition) is 3. The van der Waals surface area contributed by atoms with E-state index in [1.165, 1.54) is 0 Å². The van der Waals surface area contributed by atoms with Crippen LogP contribution in [0.4, 0.5) is 0 Å². The van der Waals surface area contributed by atoms with E-state index in [-0.39, 0.29) is 5.91 Å². The molecule has 0 unspecified atom stereocenters. The Morgan fingerprint density at radius 2 is 2.41 bits per heavy atom. The van der Waals surface area contributed by atoms with Crippen LogP contribution in [0.25, 0.3) is 10.4 Å². The lowest BCUT2D eigenvalue weighted by molar-refractivity contribution is 0.0952. The number of carbonyl (C=O) groups is 1. The van der Waals surface area contributed by atoms with Crippen LogP contribution in [0.2, 0.25) is 0 Å². The zero-order chi connectivity index (χ0) is 12.5. The van der Waals surface area contributed by atoms with Crippen LogP contribution in [0.5, 0.6) is 0 Å². The zero-order valence-electron chi connectivity index (χ0n) is 9.76. The number of azide groups is 1. The highest BCUT2D eigenvalue weighted by Gasteiger charge is 2.07. The maximum Gasteiger partial charge on any atom is 0.253 e. The highest BCUT2D eigenvalue weighted by Crippen LogP contribution is 2.03. The largest absolute Gasteiger partial charge is 0.352 e. The predicted octanol–water partition coefficient (Wildman–Crippen LogP) is 2.21. The second-order valence-electron chi connectivity index (χ2n) is 3.55. The highest BCUT2D eigenvalue weighted by atomic mass is 16.1. The van der Waals surface area contributed by atoms with Crippen LogP contribution in [-0.2, 0) is 0 Å². The van der Waals surface area contributed by atoms with E-state index in [2.05, 4.69) is 20.3 Å². The molecule has 1 amide bonds. The third-order valence-corrected chi connectivity index (χ3v) is 2.29.